The van der Waals surface area contributed by atoms with Crippen LogP contribution in [0.1, 0.15) is 19.4 Å². The van der Waals surface area contributed by atoms with E-state index in [1.807, 2.05) is 48.8 Å². The number of para-hydroxylation sites is 1. The summed E-state index contributed by atoms with van der Waals surface area (Å²) < 4.78 is 7.93. The Morgan fingerprint density at radius 1 is 0.590 bits per heavy atom. The molecule has 0 saturated heterocycles. The van der Waals surface area contributed by atoms with Crippen molar-refractivity contribution < 1.29 is 18.3 Å². The van der Waals surface area contributed by atoms with E-state index in [0.29, 0.717) is 0 Å². The van der Waals surface area contributed by atoms with Crippen molar-refractivity contribution in [1.82, 2.24) is 0 Å². The van der Waals surface area contributed by atoms with E-state index < -0.39 is 21.4 Å². The van der Waals surface area contributed by atoms with Crippen LogP contribution in [0.2, 0.25) is 0 Å². The molecule has 0 spiro atoms. The van der Waals surface area contributed by atoms with E-state index in [1.165, 1.54) is 15.9 Å². The van der Waals surface area contributed by atoms with Gasteiger partial charge in [0.2, 0.25) is 0 Å². The van der Waals surface area contributed by atoms with Gasteiger partial charge in [0.05, 0.1) is 7.92 Å². The van der Waals surface area contributed by atoms with Gasteiger partial charge in [0.1, 0.15) is 15.9 Å². The third-order valence-electron chi connectivity index (χ3n) is 5.86. The van der Waals surface area contributed by atoms with Gasteiger partial charge in [0.15, 0.2) is 0 Å². The number of hydrogen-bond donors (Lipinski definition) is 0. The van der Waals surface area contributed by atoms with Crippen LogP contribution in [0.3, 0.4) is 0 Å². The SMILES string of the molecule is CC(C)Oc1c([CH]=[Ru]([Cl])[Cl])cccc1-c1ccccc1.c1ccc([PH+](c2ccccc2)c2ccccc2)cc1. The Hall–Kier alpha value is -2.60. The van der Waals surface area contributed by atoms with Gasteiger partial charge in [0.25, 0.3) is 0 Å². The topological polar surface area (TPSA) is 9.23 Å². The Bertz CT molecular complexity index is 1360. The van der Waals surface area contributed by atoms with E-state index in [9.17, 15) is 0 Å². The van der Waals surface area contributed by atoms with E-state index in [0.717, 1.165) is 22.4 Å². The Kier molecular flexibility index (Phi) is 11.5. The van der Waals surface area contributed by atoms with Crippen LogP contribution in [-0.4, -0.2) is 10.7 Å². The molecule has 1 nitrogen and oxygen atoms in total. The summed E-state index contributed by atoms with van der Waals surface area (Å²) in [5, 5.41) is 4.31. The number of hydrogen-bond acceptors (Lipinski definition) is 1. The summed E-state index contributed by atoms with van der Waals surface area (Å²) in [4.78, 5) is 0. The summed E-state index contributed by atoms with van der Waals surface area (Å²) in [7, 11) is 11.2. The molecule has 5 rings (SSSR count). The van der Waals surface area contributed by atoms with Gasteiger partial charge in [-0.25, -0.2) is 0 Å². The summed E-state index contributed by atoms with van der Waals surface area (Å²) >= 11 is -1.89. The van der Waals surface area contributed by atoms with Crippen LogP contribution in [0.15, 0.2) is 140 Å². The Labute approximate surface area is 246 Å². The molecule has 200 valence electrons. The van der Waals surface area contributed by atoms with Crippen molar-refractivity contribution in [1.29, 1.82) is 0 Å². The maximum Gasteiger partial charge on any atom is 0.102 e. The molecule has 0 N–H and O–H groups in total. The molecule has 0 saturated carbocycles. The minimum atomic E-state index is -1.89. The average Bonchev–Trinajstić information content (AvgIpc) is 2.96. The van der Waals surface area contributed by atoms with Crippen molar-refractivity contribution in [2.45, 2.75) is 20.0 Å². The molecular weight excluding hydrogens is 627 g/mol. The first-order chi connectivity index (χ1) is 19.0. The maximum atomic E-state index is 6.02. The molecule has 0 bridgehead atoms. The van der Waals surface area contributed by atoms with E-state index in [1.54, 1.807) is 0 Å². The van der Waals surface area contributed by atoms with Crippen molar-refractivity contribution >= 4 is 47.8 Å². The summed E-state index contributed by atoms with van der Waals surface area (Å²) in [5.74, 6) is 0.855. The van der Waals surface area contributed by atoms with Crippen molar-refractivity contribution in [3.05, 3.63) is 145 Å². The van der Waals surface area contributed by atoms with Gasteiger partial charge in [-0.1, -0.05) is 54.6 Å². The van der Waals surface area contributed by atoms with Gasteiger partial charge in [-0.05, 0) is 36.4 Å². The zero-order valence-electron chi connectivity index (χ0n) is 22.0. The molecule has 0 amide bonds. The number of rotatable bonds is 7. The predicted octanol–water partition coefficient (Wildman–Crippen LogP) is 8.39. The van der Waals surface area contributed by atoms with Crippen LogP contribution in [0.25, 0.3) is 11.1 Å². The second kappa shape index (κ2) is 15.3. The molecule has 39 heavy (non-hydrogen) atoms. The molecule has 0 unspecified atom stereocenters. The van der Waals surface area contributed by atoms with Gasteiger partial charge >= 0.3 is 133 Å². The van der Waals surface area contributed by atoms with Crippen molar-refractivity contribution in [3.8, 4) is 16.9 Å². The zero-order chi connectivity index (χ0) is 27.5. The van der Waals surface area contributed by atoms with Crippen molar-refractivity contribution in [2.75, 3.05) is 0 Å². The molecular formula is C34H32Cl2OPRu+. The summed E-state index contributed by atoms with van der Waals surface area (Å²) in [6.07, 6.45) is 0.0957. The second-order valence-electron chi connectivity index (χ2n) is 9.04. The van der Waals surface area contributed by atoms with Gasteiger partial charge < -0.3 is 0 Å². The normalized spacial score (nSPS) is 11.0. The minimum absolute atomic E-state index is 0.0957. The number of benzene rings is 5. The molecule has 0 aliphatic rings. The largest absolute Gasteiger partial charge is 0.102 e. The zero-order valence-corrected chi connectivity index (χ0v) is 26.2. The predicted molar refractivity (Wildman–Crippen MR) is 171 cm³/mol. The van der Waals surface area contributed by atoms with Crippen LogP contribution in [-0.2, 0) is 13.5 Å². The maximum absolute atomic E-state index is 6.02. The molecule has 0 atom stereocenters. The monoisotopic (exact) mass is 659 g/mol. The Morgan fingerprint density at radius 2 is 1.03 bits per heavy atom. The minimum Gasteiger partial charge on any atom is -0.0620 e. The Morgan fingerprint density at radius 3 is 1.44 bits per heavy atom. The standard InChI is InChI=1S/C18H15P.C16H16O.2ClH.Ru/c1-4-10-16(11-5-1)19(17-12-6-2-7-13-17)18-14-8-3-9-15-18;1-12(2)17-16-13(3)8-7-11-15(16)14-9-5-4-6-10-14;;;/h1-15H;3-12H,1-2H3;2*1H;/q;;;;+2/p-1. The van der Waals surface area contributed by atoms with E-state index >= 15 is 0 Å². The summed E-state index contributed by atoms with van der Waals surface area (Å²) in [6, 6.07) is 48.7. The quantitative estimate of drug-likeness (QED) is 0.126. The molecule has 0 aromatic heterocycles. The van der Waals surface area contributed by atoms with Crippen LogP contribution >= 0.6 is 27.3 Å². The number of ether oxygens (including phenoxy) is 1. The molecule has 0 aliphatic carbocycles. The molecule has 5 aromatic rings. The first-order valence-electron chi connectivity index (χ1n) is 12.7. The third kappa shape index (κ3) is 8.69. The van der Waals surface area contributed by atoms with E-state index in [-0.39, 0.29) is 6.10 Å². The molecule has 0 heterocycles. The summed E-state index contributed by atoms with van der Waals surface area (Å²) in [6.45, 7) is 4.03. The summed E-state index contributed by atoms with van der Waals surface area (Å²) in [5.41, 5.74) is 3.17. The molecule has 5 heteroatoms. The number of halogens is 2. The van der Waals surface area contributed by atoms with E-state index in [2.05, 4.69) is 109 Å². The van der Waals surface area contributed by atoms with Crippen LogP contribution < -0.4 is 20.7 Å². The van der Waals surface area contributed by atoms with Gasteiger partial charge in [-0.3, -0.25) is 0 Å². The average molecular weight is 660 g/mol. The molecule has 0 aliphatic heterocycles. The molecule has 0 radical (unpaired) electrons. The fraction of sp³-hybridized carbons (Fsp3) is 0.0882. The van der Waals surface area contributed by atoms with E-state index in [4.69, 9.17) is 24.1 Å². The fourth-order valence-corrected chi connectivity index (χ4v) is 8.61. The van der Waals surface area contributed by atoms with Gasteiger partial charge in [0, 0.05) is 0 Å². The third-order valence-corrected chi connectivity index (χ3v) is 10.4. The van der Waals surface area contributed by atoms with Gasteiger partial charge in [-0.15, -0.1) is 0 Å². The second-order valence-corrected chi connectivity index (χ2v) is 17.2. The Balaban J connectivity index is 0.000000181. The smallest absolute Gasteiger partial charge is 0.0620 e. The van der Waals surface area contributed by atoms with Crippen molar-refractivity contribution in [3.63, 3.8) is 0 Å². The first-order valence-corrected chi connectivity index (χ1v) is 19.7. The van der Waals surface area contributed by atoms with Crippen LogP contribution in [0, 0.1) is 0 Å². The first kappa shape index (κ1) is 29.4. The van der Waals surface area contributed by atoms with Crippen LogP contribution in [0.5, 0.6) is 5.75 Å². The van der Waals surface area contributed by atoms with Crippen molar-refractivity contribution in [2.24, 2.45) is 0 Å². The molecule has 0 fully saturated rings. The molecule has 5 aromatic carbocycles. The fourth-order valence-electron chi connectivity index (χ4n) is 4.25. The van der Waals surface area contributed by atoms with Gasteiger partial charge in [-0.2, -0.15) is 0 Å². The van der Waals surface area contributed by atoms with Crippen LogP contribution in [0.4, 0.5) is 0 Å².